The van der Waals surface area contributed by atoms with Gasteiger partial charge in [0.15, 0.2) is 0 Å². The van der Waals surface area contributed by atoms with Crippen molar-refractivity contribution in [3.05, 3.63) is 24.3 Å². The normalized spacial score (nSPS) is 26.8. The van der Waals surface area contributed by atoms with Crippen molar-refractivity contribution in [3.63, 3.8) is 0 Å². The van der Waals surface area contributed by atoms with E-state index in [-0.39, 0.29) is 0 Å². The molecule has 0 bridgehead atoms. The van der Waals surface area contributed by atoms with Gasteiger partial charge in [-0.05, 0) is 62.6 Å². The van der Waals surface area contributed by atoms with Gasteiger partial charge in [0, 0.05) is 30.5 Å². The molecule has 2 heteroatoms. The maximum Gasteiger partial charge on any atom is 0.0386 e. The van der Waals surface area contributed by atoms with E-state index >= 15 is 0 Å². The minimum Gasteiger partial charge on any atom is -0.382 e. The summed E-state index contributed by atoms with van der Waals surface area (Å²) in [5, 5.41) is 3.76. The van der Waals surface area contributed by atoms with Crippen LogP contribution in [-0.4, -0.2) is 19.1 Å². The Hall–Kier alpha value is -1.18. The third-order valence-electron chi connectivity index (χ3n) is 5.11. The third-order valence-corrected chi connectivity index (χ3v) is 5.11. The Morgan fingerprint density at radius 2 is 1.85 bits per heavy atom. The molecular weight excluding hydrogens is 244 g/mol. The van der Waals surface area contributed by atoms with E-state index in [1.807, 2.05) is 0 Å². The van der Waals surface area contributed by atoms with E-state index in [0.29, 0.717) is 6.04 Å². The minimum atomic E-state index is 0.687. The summed E-state index contributed by atoms with van der Waals surface area (Å²) in [6, 6.07) is 9.72. The van der Waals surface area contributed by atoms with Gasteiger partial charge in [-0.1, -0.05) is 19.4 Å². The first-order valence-corrected chi connectivity index (χ1v) is 8.46. The maximum atomic E-state index is 3.76. The van der Waals surface area contributed by atoms with Crippen LogP contribution in [-0.2, 0) is 0 Å². The maximum absolute atomic E-state index is 3.76. The van der Waals surface area contributed by atoms with E-state index < -0.39 is 0 Å². The molecule has 1 saturated heterocycles. The lowest BCUT2D eigenvalue weighted by Crippen LogP contribution is -2.26. The van der Waals surface area contributed by atoms with Gasteiger partial charge in [-0.15, -0.1) is 0 Å². The van der Waals surface area contributed by atoms with Gasteiger partial charge in [-0.25, -0.2) is 0 Å². The lowest BCUT2D eigenvalue weighted by molar-refractivity contribution is 0.330. The van der Waals surface area contributed by atoms with Crippen molar-refractivity contribution in [2.24, 2.45) is 5.92 Å². The molecule has 2 nitrogen and oxygen atoms in total. The molecule has 1 aliphatic heterocycles. The Morgan fingerprint density at radius 3 is 2.55 bits per heavy atom. The summed E-state index contributed by atoms with van der Waals surface area (Å²) in [6.45, 7) is 4.79. The van der Waals surface area contributed by atoms with Gasteiger partial charge >= 0.3 is 0 Å². The zero-order valence-electron chi connectivity index (χ0n) is 12.8. The number of anilines is 2. The zero-order valence-corrected chi connectivity index (χ0v) is 12.8. The lowest BCUT2D eigenvalue weighted by Gasteiger charge is -2.29. The van der Waals surface area contributed by atoms with E-state index in [9.17, 15) is 0 Å². The molecule has 1 aromatic carbocycles. The molecule has 0 spiro atoms. The van der Waals surface area contributed by atoms with Gasteiger partial charge in [0.2, 0.25) is 0 Å². The molecule has 1 aliphatic carbocycles. The van der Waals surface area contributed by atoms with Crippen LogP contribution >= 0.6 is 0 Å². The molecule has 2 aliphatic rings. The van der Waals surface area contributed by atoms with Gasteiger partial charge < -0.3 is 10.2 Å². The van der Waals surface area contributed by atoms with E-state index in [0.717, 1.165) is 5.92 Å². The molecule has 1 saturated carbocycles. The van der Waals surface area contributed by atoms with E-state index in [2.05, 4.69) is 41.4 Å². The summed E-state index contributed by atoms with van der Waals surface area (Å²) in [5.74, 6) is 0.976. The van der Waals surface area contributed by atoms with Gasteiger partial charge in [0.25, 0.3) is 0 Å². The molecule has 0 amide bonds. The van der Waals surface area contributed by atoms with Crippen LogP contribution in [0.15, 0.2) is 24.3 Å². The lowest BCUT2D eigenvalue weighted by atomic mass is 9.84. The molecule has 3 rings (SSSR count). The Labute approximate surface area is 123 Å². The number of nitrogens with one attached hydrogen (secondary N) is 1. The number of benzene rings is 1. The van der Waals surface area contributed by atoms with Crippen LogP contribution in [0, 0.1) is 5.92 Å². The summed E-state index contributed by atoms with van der Waals surface area (Å²) in [4.78, 5) is 2.51. The highest BCUT2D eigenvalue weighted by Crippen LogP contribution is 2.29. The number of nitrogens with zero attached hydrogens (tertiary/aromatic N) is 1. The van der Waals surface area contributed by atoms with Crippen molar-refractivity contribution in [1.29, 1.82) is 0 Å². The van der Waals surface area contributed by atoms with Gasteiger partial charge in [0.05, 0.1) is 0 Å². The van der Waals surface area contributed by atoms with Crippen LogP contribution in [0.4, 0.5) is 11.4 Å². The molecule has 20 heavy (non-hydrogen) atoms. The first-order chi connectivity index (χ1) is 9.85. The number of rotatable bonds is 4. The number of hydrogen-bond acceptors (Lipinski definition) is 2. The number of hydrogen-bond donors (Lipinski definition) is 1. The quantitative estimate of drug-likeness (QED) is 0.857. The fourth-order valence-corrected chi connectivity index (χ4v) is 3.72. The fraction of sp³-hybridized carbons (Fsp3) is 0.667. The van der Waals surface area contributed by atoms with Crippen LogP contribution in [0.5, 0.6) is 0 Å². The Bertz CT molecular complexity index is 415. The van der Waals surface area contributed by atoms with E-state index in [1.54, 1.807) is 0 Å². The van der Waals surface area contributed by atoms with Crippen LogP contribution in [0.1, 0.15) is 51.9 Å². The summed E-state index contributed by atoms with van der Waals surface area (Å²) in [7, 11) is 0. The standard InChI is InChI=1S/C18H28N2/c1-2-15-8-10-16(11-9-15)19-17-6-5-7-18(14-17)20-12-3-4-13-20/h5-7,14-16,19H,2-4,8-13H2,1H3. The fourth-order valence-electron chi connectivity index (χ4n) is 3.72. The highest BCUT2D eigenvalue weighted by molar-refractivity contribution is 5.58. The molecule has 110 valence electrons. The van der Waals surface area contributed by atoms with E-state index in [1.165, 1.54) is 69.4 Å². The predicted molar refractivity (Wildman–Crippen MR) is 87.5 cm³/mol. The highest BCUT2D eigenvalue weighted by Gasteiger charge is 2.20. The topological polar surface area (TPSA) is 15.3 Å². The molecule has 0 aromatic heterocycles. The van der Waals surface area contributed by atoms with Crippen molar-refractivity contribution in [3.8, 4) is 0 Å². The van der Waals surface area contributed by atoms with Crippen LogP contribution < -0.4 is 10.2 Å². The largest absolute Gasteiger partial charge is 0.382 e. The van der Waals surface area contributed by atoms with Gasteiger partial charge in [-0.2, -0.15) is 0 Å². The molecule has 0 unspecified atom stereocenters. The first-order valence-electron chi connectivity index (χ1n) is 8.46. The third kappa shape index (κ3) is 3.28. The summed E-state index contributed by atoms with van der Waals surface area (Å²) in [5.41, 5.74) is 2.71. The Morgan fingerprint density at radius 1 is 1.10 bits per heavy atom. The molecule has 1 N–H and O–H groups in total. The summed E-state index contributed by atoms with van der Waals surface area (Å²) >= 11 is 0. The van der Waals surface area contributed by atoms with Crippen LogP contribution in [0.2, 0.25) is 0 Å². The van der Waals surface area contributed by atoms with Crippen LogP contribution in [0.3, 0.4) is 0 Å². The molecule has 0 radical (unpaired) electrons. The van der Waals surface area contributed by atoms with Crippen molar-refractivity contribution in [2.75, 3.05) is 23.3 Å². The molecule has 1 heterocycles. The Balaban J connectivity index is 1.58. The zero-order chi connectivity index (χ0) is 13.8. The smallest absolute Gasteiger partial charge is 0.0386 e. The predicted octanol–water partition coefficient (Wildman–Crippen LogP) is 4.67. The second-order valence-corrected chi connectivity index (χ2v) is 6.51. The average Bonchev–Trinajstić information content (AvgIpc) is 3.03. The molecule has 1 aromatic rings. The van der Waals surface area contributed by atoms with Crippen molar-refractivity contribution < 1.29 is 0 Å². The summed E-state index contributed by atoms with van der Waals surface area (Å²) < 4.78 is 0. The van der Waals surface area contributed by atoms with Gasteiger partial charge in [0.1, 0.15) is 0 Å². The molecule has 2 fully saturated rings. The second kappa shape index (κ2) is 6.51. The van der Waals surface area contributed by atoms with Crippen molar-refractivity contribution in [1.82, 2.24) is 0 Å². The van der Waals surface area contributed by atoms with Crippen molar-refractivity contribution in [2.45, 2.75) is 57.9 Å². The molecular formula is C18H28N2. The van der Waals surface area contributed by atoms with Crippen molar-refractivity contribution >= 4 is 11.4 Å². The van der Waals surface area contributed by atoms with Gasteiger partial charge in [-0.3, -0.25) is 0 Å². The SMILES string of the molecule is CCC1CCC(Nc2cccc(N3CCCC3)c2)CC1. The monoisotopic (exact) mass is 272 g/mol. The first kappa shape index (κ1) is 13.8. The highest BCUT2D eigenvalue weighted by atomic mass is 15.1. The average molecular weight is 272 g/mol. The second-order valence-electron chi connectivity index (χ2n) is 6.51. The Kier molecular flexibility index (Phi) is 4.49. The van der Waals surface area contributed by atoms with E-state index in [4.69, 9.17) is 0 Å². The minimum absolute atomic E-state index is 0.687. The van der Waals surface area contributed by atoms with Crippen LogP contribution in [0.25, 0.3) is 0 Å². The summed E-state index contributed by atoms with van der Waals surface area (Å²) in [6.07, 6.45) is 9.54. The molecule has 0 atom stereocenters.